The third-order valence-corrected chi connectivity index (χ3v) is 4.50. The Morgan fingerprint density at radius 2 is 2.35 bits per heavy atom. The molecule has 20 heavy (non-hydrogen) atoms. The molecule has 2 fully saturated rings. The largest absolute Gasteiger partial charge is 0.504 e. The molecule has 0 bridgehead atoms. The van der Waals surface area contributed by atoms with Crippen molar-refractivity contribution in [1.82, 2.24) is 15.5 Å². The summed E-state index contributed by atoms with van der Waals surface area (Å²) in [5.41, 5.74) is 0.736. The molecule has 1 unspecified atom stereocenters. The Balaban J connectivity index is 1.44. The number of aromatic amines is 1. The lowest BCUT2D eigenvalue weighted by atomic mass is 9.78. The quantitative estimate of drug-likeness (QED) is 0.782. The van der Waals surface area contributed by atoms with Crippen LogP contribution in [0, 0.1) is 6.92 Å². The van der Waals surface area contributed by atoms with Gasteiger partial charge >= 0.3 is 0 Å². The van der Waals surface area contributed by atoms with Gasteiger partial charge in [-0.25, -0.2) is 0 Å². The number of carbonyl (C=O) groups is 1. The molecular weight excluding hydrogens is 258 g/mol. The van der Waals surface area contributed by atoms with Gasteiger partial charge in [0.15, 0.2) is 11.4 Å². The predicted molar refractivity (Wildman–Crippen MR) is 72.6 cm³/mol. The van der Waals surface area contributed by atoms with Crippen LogP contribution in [0.5, 0.6) is 5.75 Å². The molecule has 1 saturated heterocycles. The lowest BCUT2D eigenvalue weighted by Crippen LogP contribution is -2.37. The molecule has 1 aromatic heterocycles. The average molecular weight is 279 g/mol. The highest BCUT2D eigenvalue weighted by Crippen LogP contribution is 2.46. The van der Waals surface area contributed by atoms with Gasteiger partial charge in [0.25, 0.3) is 5.91 Å². The van der Waals surface area contributed by atoms with Gasteiger partial charge in [0, 0.05) is 6.54 Å². The number of nitrogens with one attached hydrogen (secondary N) is 2. The maximum atomic E-state index is 11.9. The number of aryl methyl sites for hydroxylation is 1. The zero-order valence-corrected chi connectivity index (χ0v) is 11.7. The van der Waals surface area contributed by atoms with Gasteiger partial charge in [-0.15, -0.1) is 0 Å². The fourth-order valence-electron chi connectivity index (χ4n) is 3.06. The molecule has 110 valence electrons. The lowest BCUT2D eigenvalue weighted by molar-refractivity contribution is -0.0920. The molecule has 6 nitrogen and oxygen atoms in total. The van der Waals surface area contributed by atoms with E-state index < -0.39 is 0 Å². The molecule has 0 radical (unpaired) electrons. The Kier molecular flexibility index (Phi) is 3.41. The van der Waals surface area contributed by atoms with Crippen LogP contribution in [-0.4, -0.2) is 39.5 Å². The van der Waals surface area contributed by atoms with E-state index in [0.29, 0.717) is 12.2 Å². The molecule has 1 atom stereocenters. The highest BCUT2D eigenvalue weighted by molar-refractivity contribution is 5.95. The minimum Gasteiger partial charge on any atom is -0.504 e. The number of aromatic hydroxyl groups is 1. The SMILES string of the molecule is Cc1n[nH]c(C(=O)NCCC2CCC3(CCC3)O2)c1O. The van der Waals surface area contributed by atoms with Crippen LogP contribution in [0.1, 0.15) is 54.7 Å². The van der Waals surface area contributed by atoms with Gasteiger partial charge in [-0.1, -0.05) is 0 Å². The molecule has 1 amide bonds. The van der Waals surface area contributed by atoms with Crippen molar-refractivity contribution in [1.29, 1.82) is 0 Å². The summed E-state index contributed by atoms with van der Waals surface area (Å²) in [5.74, 6) is -0.396. The van der Waals surface area contributed by atoms with Crippen molar-refractivity contribution in [3.05, 3.63) is 11.4 Å². The molecule has 2 heterocycles. The zero-order valence-electron chi connectivity index (χ0n) is 11.7. The van der Waals surface area contributed by atoms with Crippen LogP contribution < -0.4 is 5.32 Å². The average Bonchev–Trinajstić information content (AvgIpc) is 2.95. The summed E-state index contributed by atoms with van der Waals surface area (Å²) in [7, 11) is 0. The Bertz CT molecular complexity index is 508. The van der Waals surface area contributed by atoms with Gasteiger partial charge in [-0.3, -0.25) is 9.89 Å². The van der Waals surface area contributed by atoms with Crippen LogP contribution in [0.3, 0.4) is 0 Å². The molecular formula is C14H21N3O3. The molecule has 3 N–H and O–H groups in total. The molecule has 6 heteroatoms. The van der Waals surface area contributed by atoms with Crippen molar-refractivity contribution in [3.63, 3.8) is 0 Å². The van der Waals surface area contributed by atoms with Gasteiger partial charge in [0.05, 0.1) is 11.7 Å². The van der Waals surface area contributed by atoms with Crippen molar-refractivity contribution >= 4 is 5.91 Å². The number of carbonyl (C=O) groups excluding carboxylic acids is 1. The number of hydrogen-bond donors (Lipinski definition) is 3. The van der Waals surface area contributed by atoms with E-state index in [1.165, 1.54) is 19.3 Å². The smallest absolute Gasteiger partial charge is 0.273 e. The first-order chi connectivity index (χ1) is 9.60. The monoisotopic (exact) mass is 279 g/mol. The first kappa shape index (κ1) is 13.4. The maximum Gasteiger partial charge on any atom is 0.273 e. The summed E-state index contributed by atoms with van der Waals surface area (Å²) in [5, 5.41) is 18.8. The summed E-state index contributed by atoms with van der Waals surface area (Å²) in [4.78, 5) is 11.9. The molecule has 0 aromatic carbocycles. The van der Waals surface area contributed by atoms with Gasteiger partial charge in [0.1, 0.15) is 5.69 Å². The van der Waals surface area contributed by atoms with Crippen LogP contribution in [0.2, 0.25) is 0 Å². The van der Waals surface area contributed by atoms with E-state index in [-0.39, 0.29) is 29.1 Å². The fourth-order valence-corrected chi connectivity index (χ4v) is 3.06. The van der Waals surface area contributed by atoms with E-state index in [1.54, 1.807) is 6.92 Å². The third kappa shape index (κ3) is 2.40. The number of rotatable bonds is 4. The number of ether oxygens (including phenoxy) is 1. The Morgan fingerprint density at radius 1 is 1.55 bits per heavy atom. The summed E-state index contributed by atoms with van der Waals surface area (Å²) in [6.45, 7) is 2.20. The number of amides is 1. The predicted octanol–water partition coefficient (Wildman–Crippen LogP) is 1.65. The summed E-state index contributed by atoms with van der Waals surface area (Å²) in [6, 6.07) is 0. The highest BCUT2D eigenvalue weighted by atomic mass is 16.5. The van der Waals surface area contributed by atoms with E-state index in [1.807, 2.05) is 0 Å². The normalized spacial score (nSPS) is 23.8. The van der Waals surface area contributed by atoms with Gasteiger partial charge < -0.3 is 15.2 Å². The van der Waals surface area contributed by atoms with E-state index >= 15 is 0 Å². The number of nitrogens with zero attached hydrogens (tertiary/aromatic N) is 1. The number of aromatic nitrogens is 2. The minimum absolute atomic E-state index is 0.0759. The standard InChI is InChI=1S/C14H21N3O3/c1-9-12(18)11(17-16-9)13(19)15-8-4-10-3-7-14(20-10)5-2-6-14/h10,18H,2-8H2,1H3,(H,15,19)(H,16,17). The highest BCUT2D eigenvalue weighted by Gasteiger charge is 2.44. The van der Waals surface area contributed by atoms with Crippen LogP contribution in [0.25, 0.3) is 0 Å². The molecule has 1 aliphatic carbocycles. The summed E-state index contributed by atoms with van der Waals surface area (Å²) < 4.78 is 6.08. The molecule has 3 rings (SSSR count). The Morgan fingerprint density at radius 3 is 2.90 bits per heavy atom. The van der Waals surface area contributed by atoms with Crippen molar-refractivity contribution in [2.75, 3.05) is 6.54 Å². The second kappa shape index (κ2) is 5.09. The summed E-state index contributed by atoms with van der Waals surface area (Å²) >= 11 is 0. The second-order valence-corrected chi connectivity index (χ2v) is 5.89. The van der Waals surface area contributed by atoms with Crippen molar-refractivity contribution in [2.24, 2.45) is 0 Å². The second-order valence-electron chi connectivity index (χ2n) is 5.89. The maximum absolute atomic E-state index is 11.9. The van der Waals surface area contributed by atoms with Crippen LogP contribution in [0.4, 0.5) is 0 Å². The fraction of sp³-hybridized carbons (Fsp3) is 0.714. The van der Waals surface area contributed by atoms with Crippen molar-refractivity contribution in [2.45, 2.75) is 57.2 Å². The summed E-state index contributed by atoms with van der Waals surface area (Å²) in [6.07, 6.45) is 6.99. The zero-order chi connectivity index (χ0) is 14.2. The van der Waals surface area contributed by atoms with E-state index in [9.17, 15) is 9.90 Å². The topological polar surface area (TPSA) is 87.2 Å². The van der Waals surface area contributed by atoms with E-state index in [0.717, 1.165) is 19.3 Å². The van der Waals surface area contributed by atoms with Crippen LogP contribution >= 0.6 is 0 Å². The third-order valence-electron chi connectivity index (χ3n) is 4.50. The molecule has 1 saturated carbocycles. The van der Waals surface area contributed by atoms with E-state index in [2.05, 4.69) is 15.5 Å². The molecule has 1 spiro atoms. The first-order valence-electron chi connectivity index (χ1n) is 7.30. The van der Waals surface area contributed by atoms with Gasteiger partial charge in [0.2, 0.25) is 0 Å². The van der Waals surface area contributed by atoms with Crippen molar-refractivity contribution in [3.8, 4) is 5.75 Å². The lowest BCUT2D eigenvalue weighted by Gasteiger charge is -2.38. The number of H-pyrrole nitrogens is 1. The minimum atomic E-state index is -0.320. The molecule has 1 aromatic rings. The molecule has 1 aliphatic heterocycles. The Hall–Kier alpha value is -1.56. The van der Waals surface area contributed by atoms with Crippen LogP contribution in [0.15, 0.2) is 0 Å². The van der Waals surface area contributed by atoms with Gasteiger partial charge in [-0.05, 0) is 45.4 Å². The first-order valence-corrected chi connectivity index (χ1v) is 7.30. The van der Waals surface area contributed by atoms with Crippen LogP contribution in [-0.2, 0) is 4.74 Å². The van der Waals surface area contributed by atoms with E-state index in [4.69, 9.17) is 4.74 Å². The number of hydrogen-bond acceptors (Lipinski definition) is 4. The molecule has 2 aliphatic rings. The van der Waals surface area contributed by atoms with Crippen molar-refractivity contribution < 1.29 is 14.6 Å². The van der Waals surface area contributed by atoms with Gasteiger partial charge in [-0.2, -0.15) is 5.10 Å². The Labute approximate surface area is 117 Å².